The standard InChI is InChI=1S/C17H12F2N2O2S/c18-12-6-4-11(5-7-12)15-9-20-17(23-15)24-10-16(22)21-14-3-1-2-13(19)8-14/h1-9H,10H2,(H,21,22). The number of anilines is 1. The fourth-order valence-electron chi connectivity index (χ4n) is 1.96. The fraction of sp³-hybridized carbons (Fsp3) is 0.0588. The fourth-order valence-corrected chi connectivity index (χ4v) is 2.57. The van der Waals surface area contributed by atoms with Crippen LogP contribution in [0.25, 0.3) is 11.3 Å². The number of nitrogens with zero attached hydrogens (tertiary/aromatic N) is 1. The van der Waals surface area contributed by atoms with Crippen LogP contribution in [0.5, 0.6) is 0 Å². The molecule has 1 aromatic heterocycles. The van der Waals surface area contributed by atoms with Crippen molar-refractivity contribution < 1.29 is 18.0 Å². The van der Waals surface area contributed by atoms with Gasteiger partial charge in [0.05, 0.1) is 11.9 Å². The highest BCUT2D eigenvalue weighted by Gasteiger charge is 2.10. The number of carbonyl (C=O) groups is 1. The van der Waals surface area contributed by atoms with Crippen LogP contribution in [0.2, 0.25) is 0 Å². The SMILES string of the molecule is O=C(CSc1ncc(-c2ccc(F)cc2)o1)Nc1cccc(F)c1. The lowest BCUT2D eigenvalue weighted by atomic mass is 10.2. The molecular weight excluding hydrogens is 334 g/mol. The summed E-state index contributed by atoms with van der Waals surface area (Å²) in [5.74, 6) is -0.492. The number of hydrogen-bond acceptors (Lipinski definition) is 4. The van der Waals surface area contributed by atoms with Crippen molar-refractivity contribution in [1.29, 1.82) is 0 Å². The second kappa shape index (κ2) is 7.27. The lowest BCUT2D eigenvalue weighted by molar-refractivity contribution is -0.113. The Balaban J connectivity index is 1.57. The molecule has 7 heteroatoms. The number of aromatic nitrogens is 1. The van der Waals surface area contributed by atoms with Crippen LogP contribution < -0.4 is 5.32 Å². The van der Waals surface area contributed by atoms with Gasteiger partial charge >= 0.3 is 0 Å². The van der Waals surface area contributed by atoms with E-state index in [0.29, 0.717) is 22.2 Å². The second-order valence-corrected chi connectivity index (χ2v) is 5.77. The molecule has 0 aliphatic heterocycles. The first-order chi connectivity index (χ1) is 11.6. The highest BCUT2D eigenvalue weighted by atomic mass is 32.2. The first-order valence-electron chi connectivity index (χ1n) is 7.00. The van der Waals surface area contributed by atoms with E-state index < -0.39 is 5.82 Å². The molecule has 0 aliphatic carbocycles. The van der Waals surface area contributed by atoms with Crippen LogP contribution in [0.3, 0.4) is 0 Å². The van der Waals surface area contributed by atoms with E-state index in [0.717, 1.165) is 11.8 Å². The van der Waals surface area contributed by atoms with Crippen molar-refractivity contribution >= 4 is 23.4 Å². The molecule has 0 bridgehead atoms. The molecule has 0 saturated heterocycles. The number of benzene rings is 2. The predicted octanol–water partition coefficient (Wildman–Crippen LogP) is 4.35. The van der Waals surface area contributed by atoms with Crippen LogP contribution in [0.4, 0.5) is 14.5 Å². The molecule has 0 aliphatic rings. The molecule has 3 aromatic rings. The molecule has 0 fully saturated rings. The van der Waals surface area contributed by atoms with Crippen LogP contribution in [-0.4, -0.2) is 16.6 Å². The van der Waals surface area contributed by atoms with E-state index in [-0.39, 0.29) is 17.5 Å². The Morgan fingerprint density at radius 3 is 2.67 bits per heavy atom. The molecule has 1 N–H and O–H groups in total. The molecule has 3 rings (SSSR count). The Hall–Kier alpha value is -2.67. The van der Waals surface area contributed by atoms with Crippen LogP contribution in [0.15, 0.2) is 64.4 Å². The van der Waals surface area contributed by atoms with E-state index in [1.54, 1.807) is 18.2 Å². The molecule has 0 atom stereocenters. The van der Waals surface area contributed by atoms with E-state index in [4.69, 9.17) is 4.42 Å². The van der Waals surface area contributed by atoms with Gasteiger partial charge in [0.15, 0.2) is 5.76 Å². The zero-order chi connectivity index (χ0) is 16.9. The van der Waals surface area contributed by atoms with Crippen molar-refractivity contribution in [2.24, 2.45) is 0 Å². The summed E-state index contributed by atoms with van der Waals surface area (Å²) >= 11 is 1.11. The molecule has 2 aromatic carbocycles. The minimum Gasteiger partial charge on any atom is -0.431 e. The van der Waals surface area contributed by atoms with E-state index in [9.17, 15) is 13.6 Å². The van der Waals surface area contributed by atoms with Gasteiger partial charge in [-0.25, -0.2) is 13.8 Å². The zero-order valence-electron chi connectivity index (χ0n) is 12.3. The molecule has 0 unspecified atom stereocenters. The van der Waals surface area contributed by atoms with Gasteiger partial charge < -0.3 is 9.73 Å². The number of rotatable bonds is 5. The summed E-state index contributed by atoms with van der Waals surface area (Å²) in [6.45, 7) is 0. The van der Waals surface area contributed by atoms with Crippen molar-refractivity contribution in [2.75, 3.05) is 11.1 Å². The number of oxazole rings is 1. The molecule has 122 valence electrons. The van der Waals surface area contributed by atoms with E-state index in [2.05, 4.69) is 10.3 Å². The van der Waals surface area contributed by atoms with E-state index >= 15 is 0 Å². The van der Waals surface area contributed by atoms with Gasteiger partial charge in [-0.2, -0.15) is 0 Å². The van der Waals surface area contributed by atoms with E-state index in [1.807, 2.05) is 0 Å². The maximum atomic E-state index is 13.1. The summed E-state index contributed by atoms with van der Waals surface area (Å²) < 4.78 is 31.5. The number of hydrogen-bond donors (Lipinski definition) is 1. The first-order valence-corrected chi connectivity index (χ1v) is 7.99. The largest absolute Gasteiger partial charge is 0.431 e. The van der Waals surface area contributed by atoms with Gasteiger partial charge in [0.25, 0.3) is 5.22 Å². The van der Waals surface area contributed by atoms with Gasteiger partial charge in [-0.15, -0.1) is 0 Å². The smallest absolute Gasteiger partial charge is 0.256 e. The molecule has 24 heavy (non-hydrogen) atoms. The number of amides is 1. The quantitative estimate of drug-likeness (QED) is 0.698. The number of thioether (sulfide) groups is 1. The first kappa shape index (κ1) is 16.2. The normalized spacial score (nSPS) is 10.6. The third-order valence-electron chi connectivity index (χ3n) is 3.05. The van der Waals surface area contributed by atoms with Crippen molar-refractivity contribution in [2.45, 2.75) is 5.22 Å². The lowest BCUT2D eigenvalue weighted by Gasteiger charge is -2.03. The Labute approximate surface area is 140 Å². The number of carbonyl (C=O) groups excluding carboxylic acids is 1. The molecule has 0 spiro atoms. The maximum Gasteiger partial charge on any atom is 0.256 e. The third-order valence-corrected chi connectivity index (χ3v) is 3.89. The molecule has 1 heterocycles. The Bertz CT molecular complexity index is 850. The highest BCUT2D eigenvalue weighted by molar-refractivity contribution is 7.99. The minimum atomic E-state index is -0.419. The summed E-state index contributed by atoms with van der Waals surface area (Å²) in [7, 11) is 0. The summed E-state index contributed by atoms with van der Waals surface area (Å²) in [5, 5.41) is 2.91. The topological polar surface area (TPSA) is 55.1 Å². The van der Waals surface area contributed by atoms with Crippen molar-refractivity contribution in [3.05, 3.63) is 66.4 Å². The van der Waals surface area contributed by atoms with Crippen molar-refractivity contribution in [3.63, 3.8) is 0 Å². The zero-order valence-corrected chi connectivity index (χ0v) is 13.1. The summed E-state index contributed by atoms with van der Waals surface area (Å²) in [4.78, 5) is 15.9. The minimum absolute atomic E-state index is 0.0693. The predicted molar refractivity (Wildman–Crippen MR) is 87.7 cm³/mol. The highest BCUT2D eigenvalue weighted by Crippen LogP contribution is 2.25. The van der Waals surface area contributed by atoms with Gasteiger partial charge in [-0.3, -0.25) is 4.79 Å². The second-order valence-electron chi connectivity index (χ2n) is 4.84. The van der Waals surface area contributed by atoms with Gasteiger partial charge in [0.2, 0.25) is 5.91 Å². The molecule has 0 radical (unpaired) electrons. The number of halogens is 2. The summed E-state index contributed by atoms with van der Waals surface area (Å²) in [6, 6.07) is 11.5. The van der Waals surface area contributed by atoms with Crippen LogP contribution in [0, 0.1) is 11.6 Å². The third kappa shape index (κ3) is 4.20. The van der Waals surface area contributed by atoms with Crippen molar-refractivity contribution in [1.82, 2.24) is 4.98 Å². The average Bonchev–Trinajstić information content (AvgIpc) is 3.03. The molecular formula is C17H12F2N2O2S. The summed E-state index contributed by atoms with van der Waals surface area (Å²) in [5.41, 5.74) is 1.08. The summed E-state index contributed by atoms with van der Waals surface area (Å²) in [6.07, 6.45) is 1.51. The van der Waals surface area contributed by atoms with Crippen molar-refractivity contribution in [3.8, 4) is 11.3 Å². The molecule has 1 amide bonds. The average molecular weight is 346 g/mol. The van der Waals surface area contributed by atoms with Gasteiger partial charge in [0, 0.05) is 11.3 Å². The van der Waals surface area contributed by atoms with E-state index in [1.165, 1.54) is 36.5 Å². The van der Waals surface area contributed by atoms with Crippen LogP contribution >= 0.6 is 11.8 Å². The monoisotopic (exact) mass is 346 g/mol. The van der Waals surface area contributed by atoms with Gasteiger partial charge in [-0.1, -0.05) is 17.8 Å². The number of nitrogens with one attached hydrogen (secondary N) is 1. The molecule has 4 nitrogen and oxygen atoms in total. The van der Waals surface area contributed by atoms with Crippen LogP contribution in [0.1, 0.15) is 0 Å². The Kier molecular flexibility index (Phi) is 4.90. The maximum absolute atomic E-state index is 13.1. The van der Waals surface area contributed by atoms with Gasteiger partial charge in [0.1, 0.15) is 11.6 Å². The Morgan fingerprint density at radius 2 is 1.92 bits per heavy atom. The molecule has 0 saturated carbocycles. The van der Waals surface area contributed by atoms with Gasteiger partial charge in [-0.05, 0) is 42.5 Å². The Morgan fingerprint density at radius 1 is 1.12 bits per heavy atom. The lowest BCUT2D eigenvalue weighted by Crippen LogP contribution is -2.14. The van der Waals surface area contributed by atoms with Crippen LogP contribution in [-0.2, 0) is 4.79 Å².